The average molecular weight is 271 g/mol. The van der Waals surface area contributed by atoms with E-state index in [1.54, 1.807) is 4.68 Å². The molecule has 96 valence electrons. The van der Waals surface area contributed by atoms with Crippen molar-refractivity contribution in [1.29, 1.82) is 0 Å². The molecular weight excluding hydrogens is 258 g/mol. The van der Waals surface area contributed by atoms with Crippen LogP contribution in [-0.2, 0) is 7.05 Å². The first-order chi connectivity index (χ1) is 9.15. The second-order valence-electron chi connectivity index (χ2n) is 4.22. The maximum Gasteiger partial charge on any atom is 0.181 e. The Labute approximate surface area is 114 Å². The zero-order valence-corrected chi connectivity index (χ0v) is 11.5. The van der Waals surface area contributed by atoms with Gasteiger partial charge in [-0.25, -0.2) is 14.6 Å². The molecule has 3 aromatic rings. The third-order valence-electron chi connectivity index (χ3n) is 2.81. The van der Waals surface area contributed by atoms with E-state index < -0.39 is 0 Å². The monoisotopic (exact) mass is 271 g/mol. The van der Waals surface area contributed by atoms with Gasteiger partial charge < -0.3 is 5.73 Å². The number of hydrogen-bond donors (Lipinski definition) is 1. The summed E-state index contributed by atoms with van der Waals surface area (Å²) in [6, 6.07) is 9.91. The number of aryl methyl sites for hydroxylation is 2. The van der Waals surface area contributed by atoms with E-state index in [-0.39, 0.29) is 0 Å². The zero-order chi connectivity index (χ0) is 13.4. The van der Waals surface area contributed by atoms with Crippen LogP contribution >= 0.6 is 11.3 Å². The smallest absolute Gasteiger partial charge is 0.181 e. The van der Waals surface area contributed by atoms with Crippen LogP contribution in [0, 0.1) is 6.92 Å². The van der Waals surface area contributed by atoms with Gasteiger partial charge >= 0.3 is 0 Å². The van der Waals surface area contributed by atoms with Crippen LogP contribution in [0.1, 0.15) is 5.69 Å². The number of thiazole rings is 1. The van der Waals surface area contributed by atoms with Gasteiger partial charge in [0.1, 0.15) is 0 Å². The Kier molecular flexibility index (Phi) is 2.79. The van der Waals surface area contributed by atoms with Crippen LogP contribution in [0.25, 0.3) is 22.1 Å². The quantitative estimate of drug-likeness (QED) is 0.777. The lowest BCUT2D eigenvalue weighted by Gasteiger charge is -1.95. The van der Waals surface area contributed by atoms with E-state index in [0.29, 0.717) is 11.0 Å². The predicted molar refractivity (Wildman–Crippen MR) is 76.7 cm³/mol. The number of rotatable bonds is 2. The fraction of sp³-hybridized carbons (Fsp3) is 0.154. The maximum absolute atomic E-state index is 5.73. The summed E-state index contributed by atoms with van der Waals surface area (Å²) in [6.07, 6.45) is 0. The summed E-state index contributed by atoms with van der Waals surface area (Å²) in [5, 5.41) is 5.00. The van der Waals surface area contributed by atoms with Gasteiger partial charge in [0.15, 0.2) is 16.8 Å². The number of nitrogens with two attached hydrogens (primary N) is 1. The molecule has 0 saturated carbocycles. The van der Waals surface area contributed by atoms with Gasteiger partial charge in [-0.05, 0) is 6.92 Å². The molecule has 2 aromatic heterocycles. The van der Waals surface area contributed by atoms with Crippen molar-refractivity contribution in [3.8, 4) is 22.1 Å². The average Bonchev–Trinajstić information content (AvgIpc) is 2.93. The molecule has 0 aliphatic rings. The highest BCUT2D eigenvalue weighted by Crippen LogP contribution is 2.30. The summed E-state index contributed by atoms with van der Waals surface area (Å²) in [4.78, 5) is 9.78. The van der Waals surface area contributed by atoms with Gasteiger partial charge in [-0.3, -0.25) is 0 Å². The van der Waals surface area contributed by atoms with E-state index >= 15 is 0 Å². The Morgan fingerprint density at radius 1 is 1.16 bits per heavy atom. The number of nitrogens with zero attached hydrogens (tertiary/aromatic N) is 4. The van der Waals surface area contributed by atoms with Gasteiger partial charge in [0.2, 0.25) is 0 Å². The maximum atomic E-state index is 5.73. The topological polar surface area (TPSA) is 69.6 Å². The minimum absolute atomic E-state index is 0.553. The van der Waals surface area contributed by atoms with Crippen LogP contribution in [0.4, 0.5) is 5.13 Å². The second-order valence-corrected chi connectivity index (χ2v) is 5.25. The largest absolute Gasteiger partial charge is 0.375 e. The normalized spacial score (nSPS) is 10.8. The molecule has 3 rings (SSSR count). The minimum atomic E-state index is 0.553. The van der Waals surface area contributed by atoms with Crippen LogP contribution in [-0.4, -0.2) is 19.7 Å². The van der Waals surface area contributed by atoms with E-state index in [9.17, 15) is 0 Å². The molecule has 2 N–H and O–H groups in total. The van der Waals surface area contributed by atoms with Crippen LogP contribution in [0.5, 0.6) is 0 Å². The van der Waals surface area contributed by atoms with Crippen LogP contribution in [0.15, 0.2) is 30.3 Å². The third kappa shape index (κ3) is 2.10. The van der Waals surface area contributed by atoms with Gasteiger partial charge in [-0.2, -0.15) is 5.10 Å². The van der Waals surface area contributed by atoms with Crippen molar-refractivity contribution in [2.24, 2.45) is 7.05 Å². The lowest BCUT2D eigenvalue weighted by atomic mass is 10.2. The molecule has 0 spiro atoms. The molecule has 0 unspecified atom stereocenters. The van der Waals surface area contributed by atoms with Crippen molar-refractivity contribution in [1.82, 2.24) is 19.7 Å². The molecule has 0 aliphatic carbocycles. The molecule has 0 amide bonds. The molecule has 0 atom stereocenters. The van der Waals surface area contributed by atoms with Crippen molar-refractivity contribution in [3.05, 3.63) is 36.0 Å². The number of benzene rings is 1. The van der Waals surface area contributed by atoms with Crippen molar-refractivity contribution < 1.29 is 0 Å². The zero-order valence-electron chi connectivity index (χ0n) is 10.7. The van der Waals surface area contributed by atoms with Gasteiger partial charge in [0.25, 0.3) is 0 Å². The van der Waals surface area contributed by atoms with Gasteiger partial charge in [0.05, 0.1) is 10.6 Å². The van der Waals surface area contributed by atoms with Crippen molar-refractivity contribution in [2.45, 2.75) is 6.92 Å². The standard InChI is InChI=1S/C13H13N5S/c1-8-10(19-13(14)15-8)12-16-11(17-18(12)2)9-6-4-3-5-7-9/h3-7H,1-2H3,(H2,14,15). The molecule has 1 aromatic carbocycles. The number of anilines is 1. The van der Waals surface area contributed by atoms with E-state index in [0.717, 1.165) is 22.0 Å². The molecule has 19 heavy (non-hydrogen) atoms. The first kappa shape index (κ1) is 11.9. The van der Waals surface area contributed by atoms with E-state index in [1.807, 2.05) is 44.3 Å². The van der Waals surface area contributed by atoms with Gasteiger partial charge in [0, 0.05) is 12.6 Å². The Balaban J connectivity index is 2.10. The Morgan fingerprint density at radius 3 is 2.53 bits per heavy atom. The lowest BCUT2D eigenvalue weighted by molar-refractivity contribution is 0.778. The highest BCUT2D eigenvalue weighted by Gasteiger charge is 2.16. The fourth-order valence-corrected chi connectivity index (χ4v) is 2.77. The minimum Gasteiger partial charge on any atom is -0.375 e. The summed E-state index contributed by atoms with van der Waals surface area (Å²) in [7, 11) is 1.88. The van der Waals surface area contributed by atoms with E-state index in [1.165, 1.54) is 11.3 Å². The highest BCUT2D eigenvalue weighted by molar-refractivity contribution is 7.18. The summed E-state index contributed by atoms with van der Waals surface area (Å²) in [6.45, 7) is 1.93. The molecule has 0 saturated heterocycles. The number of hydrogen-bond acceptors (Lipinski definition) is 5. The molecule has 0 fully saturated rings. The number of aromatic nitrogens is 4. The van der Waals surface area contributed by atoms with E-state index in [2.05, 4.69) is 15.1 Å². The van der Waals surface area contributed by atoms with Crippen LogP contribution < -0.4 is 5.73 Å². The molecule has 0 bridgehead atoms. The Morgan fingerprint density at radius 2 is 1.89 bits per heavy atom. The molecule has 0 radical (unpaired) electrons. The van der Waals surface area contributed by atoms with Crippen LogP contribution in [0.2, 0.25) is 0 Å². The van der Waals surface area contributed by atoms with Crippen molar-refractivity contribution in [3.63, 3.8) is 0 Å². The molecule has 2 heterocycles. The fourth-order valence-electron chi connectivity index (χ4n) is 1.92. The van der Waals surface area contributed by atoms with Crippen molar-refractivity contribution >= 4 is 16.5 Å². The van der Waals surface area contributed by atoms with Crippen molar-refractivity contribution in [2.75, 3.05) is 5.73 Å². The molecular formula is C13H13N5S. The Bertz CT molecular complexity index is 714. The predicted octanol–water partition coefficient (Wildman–Crippen LogP) is 2.50. The molecule has 6 heteroatoms. The first-order valence-corrected chi connectivity index (χ1v) is 6.66. The van der Waals surface area contributed by atoms with Crippen LogP contribution in [0.3, 0.4) is 0 Å². The summed E-state index contributed by atoms with van der Waals surface area (Å²) >= 11 is 1.43. The summed E-state index contributed by atoms with van der Waals surface area (Å²) in [5.41, 5.74) is 7.62. The van der Waals surface area contributed by atoms with Gasteiger partial charge in [-0.15, -0.1) is 0 Å². The SMILES string of the molecule is Cc1nc(N)sc1-c1nc(-c2ccccc2)nn1C. The van der Waals surface area contributed by atoms with E-state index in [4.69, 9.17) is 5.73 Å². The second kappa shape index (κ2) is 4.47. The van der Waals surface area contributed by atoms with Gasteiger partial charge in [-0.1, -0.05) is 41.7 Å². The molecule has 0 aliphatic heterocycles. The first-order valence-electron chi connectivity index (χ1n) is 5.85. The Hall–Kier alpha value is -2.21. The molecule has 5 nitrogen and oxygen atoms in total. The lowest BCUT2D eigenvalue weighted by Crippen LogP contribution is -1.94. The highest BCUT2D eigenvalue weighted by atomic mass is 32.1. The number of nitrogen functional groups attached to an aromatic ring is 1. The third-order valence-corrected chi connectivity index (χ3v) is 3.79. The summed E-state index contributed by atoms with van der Waals surface area (Å²) in [5.74, 6) is 1.51. The summed E-state index contributed by atoms with van der Waals surface area (Å²) < 4.78 is 1.77.